The van der Waals surface area contributed by atoms with Crippen molar-refractivity contribution in [1.82, 2.24) is 4.90 Å². The van der Waals surface area contributed by atoms with Crippen LogP contribution in [0.15, 0.2) is 36.4 Å². The molecule has 1 saturated heterocycles. The Kier molecular flexibility index (Phi) is 4.24. The lowest BCUT2D eigenvalue weighted by Crippen LogP contribution is -2.36. The summed E-state index contributed by atoms with van der Waals surface area (Å²) in [6.07, 6.45) is 4.09. The summed E-state index contributed by atoms with van der Waals surface area (Å²) in [7, 11) is 0. The van der Waals surface area contributed by atoms with Crippen LogP contribution in [0.5, 0.6) is 0 Å². The second-order valence-corrected chi connectivity index (χ2v) is 6.53. The molecule has 1 heterocycles. The molecule has 2 aromatic rings. The van der Waals surface area contributed by atoms with E-state index < -0.39 is 0 Å². The van der Waals surface area contributed by atoms with Gasteiger partial charge in [0.2, 0.25) is 5.91 Å². The van der Waals surface area contributed by atoms with Crippen LogP contribution in [0.3, 0.4) is 0 Å². The first kappa shape index (κ1) is 13.9. The summed E-state index contributed by atoms with van der Waals surface area (Å²) in [6, 6.07) is 12.6. The van der Waals surface area contributed by atoms with Crippen LogP contribution >= 0.6 is 22.6 Å². The minimum absolute atomic E-state index is 0.274. The monoisotopic (exact) mass is 379 g/mol. The van der Waals surface area contributed by atoms with E-state index in [-0.39, 0.29) is 5.91 Å². The largest absolute Gasteiger partial charge is 0.342 e. The minimum Gasteiger partial charge on any atom is -0.342 e. The summed E-state index contributed by atoms with van der Waals surface area (Å²) in [4.78, 5) is 14.4. The fraction of sp³-hybridized carbons (Fsp3) is 0.353. The van der Waals surface area contributed by atoms with Gasteiger partial charge in [-0.15, -0.1) is 0 Å². The summed E-state index contributed by atoms with van der Waals surface area (Å²) < 4.78 is 1.24. The summed E-state index contributed by atoms with van der Waals surface area (Å²) >= 11 is 2.36. The first-order chi connectivity index (χ1) is 9.75. The van der Waals surface area contributed by atoms with Gasteiger partial charge in [0.15, 0.2) is 0 Å². The number of carbonyl (C=O) groups is 1. The Labute approximate surface area is 133 Å². The number of halogens is 1. The Bertz CT molecular complexity index is 632. The number of rotatable bonds is 2. The van der Waals surface area contributed by atoms with E-state index in [9.17, 15) is 4.79 Å². The third-order valence-corrected chi connectivity index (χ3v) is 4.95. The van der Waals surface area contributed by atoms with Gasteiger partial charge in [-0.25, -0.2) is 0 Å². The van der Waals surface area contributed by atoms with E-state index in [1.165, 1.54) is 20.8 Å². The molecule has 0 unspecified atom stereocenters. The third-order valence-electron chi connectivity index (χ3n) is 4.01. The van der Waals surface area contributed by atoms with Crippen LogP contribution in [0.25, 0.3) is 10.8 Å². The van der Waals surface area contributed by atoms with Gasteiger partial charge in [0.1, 0.15) is 0 Å². The van der Waals surface area contributed by atoms with Crippen molar-refractivity contribution in [3.63, 3.8) is 0 Å². The molecule has 0 radical (unpaired) electrons. The normalized spacial score (nSPS) is 15.6. The van der Waals surface area contributed by atoms with Crippen molar-refractivity contribution in [3.8, 4) is 0 Å². The molecule has 0 atom stereocenters. The van der Waals surface area contributed by atoms with Gasteiger partial charge in [-0.2, -0.15) is 0 Å². The highest BCUT2D eigenvalue weighted by molar-refractivity contribution is 14.1. The maximum atomic E-state index is 12.4. The third kappa shape index (κ3) is 2.82. The number of amides is 1. The molecule has 1 aliphatic rings. The predicted octanol–water partition coefficient (Wildman–Crippen LogP) is 4.00. The average molecular weight is 379 g/mol. The number of hydrogen-bond donors (Lipinski definition) is 0. The topological polar surface area (TPSA) is 20.3 Å². The zero-order valence-corrected chi connectivity index (χ0v) is 13.6. The van der Waals surface area contributed by atoms with Gasteiger partial charge in [-0.3, -0.25) is 4.79 Å². The van der Waals surface area contributed by atoms with Crippen molar-refractivity contribution in [1.29, 1.82) is 0 Å². The van der Waals surface area contributed by atoms with Gasteiger partial charge in [-0.1, -0.05) is 30.3 Å². The molecule has 1 amide bonds. The SMILES string of the molecule is O=C(Cc1ccc(I)c2ccccc12)N1CCCCC1. The van der Waals surface area contributed by atoms with E-state index in [2.05, 4.69) is 52.9 Å². The summed E-state index contributed by atoms with van der Waals surface area (Å²) in [5, 5.41) is 2.46. The molecule has 2 aromatic carbocycles. The second-order valence-electron chi connectivity index (χ2n) is 5.37. The molecular weight excluding hydrogens is 361 g/mol. The van der Waals surface area contributed by atoms with Crippen LogP contribution in [0, 0.1) is 3.57 Å². The number of benzene rings is 2. The average Bonchev–Trinajstić information content (AvgIpc) is 2.51. The summed E-state index contributed by atoms with van der Waals surface area (Å²) in [5.74, 6) is 0.274. The lowest BCUT2D eigenvalue weighted by molar-refractivity contribution is -0.131. The zero-order chi connectivity index (χ0) is 13.9. The molecule has 0 aromatic heterocycles. The Morgan fingerprint density at radius 1 is 1.00 bits per heavy atom. The predicted molar refractivity (Wildman–Crippen MR) is 90.8 cm³/mol. The van der Waals surface area contributed by atoms with Crippen LogP contribution < -0.4 is 0 Å². The second kappa shape index (κ2) is 6.12. The van der Waals surface area contributed by atoms with Gasteiger partial charge < -0.3 is 4.90 Å². The molecular formula is C17H18INO. The molecule has 2 nitrogen and oxygen atoms in total. The fourth-order valence-electron chi connectivity index (χ4n) is 2.90. The van der Waals surface area contributed by atoms with E-state index >= 15 is 0 Å². The van der Waals surface area contributed by atoms with Crippen molar-refractivity contribution in [2.45, 2.75) is 25.7 Å². The summed E-state index contributed by atoms with van der Waals surface area (Å²) in [6.45, 7) is 1.86. The minimum atomic E-state index is 0.274. The quantitative estimate of drug-likeness (QED) is 0.723. The van der Waals surface area contributed by atoms with Gasteiger partial charge >= 0.3 is 0 Å². The van der Waals surface area contributed by atoms with Gasteiger partial charge in [0, 0.05) is 16.7 Å². The molecule has 1 aliphatic heterocycles. The number of hydrogen-bond acceptors (Lipinski definition) is 1. The Morgan fingerprint density at radius 3 is 2.45 bits per heavy atom. The zero-order valence-electron chi connectivity index (χ0n) is 11.4. The Balaban J connectivity index is 1.87. The first-order valence-corrected chi connectivity index (χ1v) is 8.27. The molecule has 0 aliphatic carbocycles. The van der Waals surface area contributed by atoms with Crippen molar-refractivity contribution in [2.75, 3.05) is 13.1 Å². The standard InChI is InChI=1S/C17H18INO/c18-16-9-8-13(14-6-2-3-7-15(14)16)12-17(20)19-10-4-1-5-11-19/h2-3,6-9H,1,4-5,10-12H2. The maximum Gasteiger partial charge on any atom is 0.227 e. The number of fused-ring (bicyclic) bond motifs is 1. The van der Waals surface area contributed by atoms with Gasteiger partial charge in [-0.05, 0) is 64.3 Å². The highest BCUT2D eigenvalue weighted by Crippen LogP contribution is 2.25. The van der Waals surface area contributed by atoms with E-state index in [1.807, 2.05) is 11.0 Å². The van der Waals surface area contributed by atoms with Crippen LogP contribution in [-0.4, -0.2) is 23.9 Å². The fourth-order valence-corrected chi connectivity index (χ4v) is 3.55. The highest BCUT2D eigenvalue weighted by Gasteiger charge is 2.17. The maximum absolute atomic E-state index is 12.4. The van der Waals surface area contributed by atoms with Crippen LogP contribution in [0.4, 0.5) is 0 Å². The molecule has 0 bridgehead atoms. The van der Waals surface area contributed by atoms with Crippen molar-refractivity contribution in [2.24, 2.45) is 0 Å². The molecule has 3 rings (SSSR count). The molecule has 104 valence electrons. The highest BCUT2D eigenvalue weighted by atomic mass is 127. The van der Waals surface area contributed by atoms with E-state index in [0.717, 1.165) is 31.5 Å². The molecule has 0 saturated carbocycles. The van der Waals surface area contributed by atoms with E-state index in [1.54, 1.807) is 0 Å². The van der Waals surface area contributed by atoms with Crippen LogP contribution in [0.1, 0.15) is 24.8 Å². The molecule has 0 N–H and O–H groups in total. The van der Waals surface area contributed by atoms with Crippen molar-refractivity contribution >= 4 is 39.3 Å². The molecule has 20 heavy (non-hydrogen) atoms. The summed E-state index contributed by atoms with van der Waals surface area (Å²) in [5.41, 5.74) is 1.15. The van der Waals surface area contributed by atoms with Crippen LogP contribution in [-0.2, 0) is 11.2 Å². The Morgan fingerprint density at radius 2 is 1.70 bits per heavy atom. The lowest BCUT2D eigenvalue weighted by atomic mass is 10.0. The van der Waals surface area contributed by atoms with E-state index in [4.69, 9.17) is 0 Å². The first-order valence-electron chi connectivity index (χ1n) is 7.19. The Hall–Kier alpha value is -1.10. The number of piperidine rings is 1. The molecule has 3 heteroatoms. The lowest BCUT2D eigenvalue weighted by Gasteiger charge is -2.27. The van der Waals surface area contributed by atoms with Gasteiger partial charge in [0.25, 0.3) is 0 Å². The van der Waals surface area contributed by atoms with E-state index in [0.29, 0.717) is 6.42 Å². The van der Waals surface area contributed by atoms with Crippen LogP contribution in [0.2, 0.25) is 0 Å². The number of likely N-dealkylation sites (tertiary alicyclic amines) is 1. The number of carbonyl (C=O) groups excluding carboxylic acids is 1. The van der Waals surface area contributed by atoms with Gasteiger partial charge in [0.05, 0.1) is 6.42 Å². The number of nitrogens with zero attached hydrogens (tertiary/aromatic N) is 1. The smallest absolute Gasteiger partial charge is 0.227 e. The molecule has 0 spiro atoms. The molecule has 1 fully saturated rings. The van der Waals surface area contributed by atoms with Crippen molar-refractivity contribution < 1.29 is 4.79 Å². The van der Waals surface area contributed by atoms with Crippen molar-refractivity contribution in [3.05, 3.63) is 45.5 Å².